The maximum absolute atomic E-state index is 12.6. The number of anilines is 1. The number of amides is 1. The lowest BCUT2D eigenvalue weighted by atomic mass is 9.75. The molecule has 1 aromatic carbocycles. The first kappa shape index (κ1) is 20.2. The second-order valence-corrected chi connectivity index (χ2v) is 8.97. The zero-order valence-electron chi connectivity index (χ0n) is 17.7. The third kappa shape index (κ3) is 4.42. The maximum Gasteiger partial charge on any atom is 0.312 e. The van der Waals surface area contributed by atoms with Gasteiger partial charge in [0.15, 0.2) is 0 Å². The van der Waals surface area contributed by atoms with E-state index >= 15 is 0 Å². The van der Waals surface area contributed by atoms with Gasteiger partial charge >= 0.3 is 5.97 Å². The van der Waals surface area contributed by atoms with Gasteiger partial charge in [-0.25, -0.2) is 0 Å². The van der Waals surface area contributed by atoms with Crippen molar-refractivity contribution >= 4 is 17.6 Å². The Hall–Kier alpha value is -2.08. The number of benzene rings is 1. The molecular weight excluding hydrogens is 366 g/mol. The monoisotopic (exact) mass is 399 g/mol. The zero-order valence-corrected chi connectivity index (χ0v) is 17.7. The Labute approximate surface area is 173 Å². The summed E-state index contributed by atoms with van der Waals surface area (Å²) in [5.74, 6) is 0.0717. The smallest absolute Gasteiger partial charge is 0.312 e. The fourth-order valence-corrected chi connectivity index (χ4v) is 4.97. The first-order chi connectivity index (χ1) is 13.9. The molecule has 3 saturated heterocycles. The van der Waals surface area contributed by atoms with Crippen molar-refractivity contribution in [2.24, 2.45) is 5.41 Å². The molecule has 1 spiro atoms. The largest absolute Gasteiger partial charge is 0.462 e. The van der Waals surface area contributed by atoms with Crippen molar-refractivity contribution < 1.29 is 14.3 Å². The Balaban J connectivity index is 1.22. The van der Waals surface area contributed by atoms with Crippen LogP contribution in [-0.2, 0) is 14.3 Å². The van der Waals surface area contributed by atoms with Crippen LogP contribution in [0.25, 0.3) is 0 Å². The van der Waals surface area contributed by atoms with E-state index in [-0.39, 0.29) is 23.4 Å². The van der Waals surface area contributed by atoms with E-state index in [0.717, 1.165) is 58.4 Å². The number of esters is 1. The summed E-state index contributed by atoms with van der Waals surface area (Å²) in [5.41, 5.74) is 2.25. The van der Waals surface area contributed by atoms with E-state index in [9.17, 15) is 9.59 Å². The van der Waals surface area contributed by atoms with E-state index in [0.29, 0.717) is 13.1 Å². The topological polar surface area (TPSA) is 53.1 Å². The molecule has 0 bridgehead atoms. The molecule has 0 N–H and O–H groups in total. The average molecular weight is 400 g/mol. The number of carbonyl (C=O) groups is 2. The van der Waals surface area contributed by atoms with Gasteiger partial charge in [-0.1, -0.05) is 17.7 Å². The minimum absolute atomic E-state index is 0.0292. The lowest BCUT2D eigenvalue weighted by Crippen LogP contribution is -2.47. The molecule has 158 valence electrons. The molecule has 3 fully saturated rings. The van der Waals surface area contributed by atoms with Gasteiger partial charge in [0, 0.05) is 64.8 Å². The third-order valence-electron chi connectivity index (χ3n) is 7.03. The second-order valence-electron chi connectivity index (χ2n) is 8.97. The van der Waals surface area contributed by atoms with Crippen molar-refractivity contribution in [2.75, 3.05) is 50.7 Å². The quantitative estimate of drug-likeness (QED) is 0.728. The van der Waals surface area contributed by atoms with Gasteiger partial charge in [0.25, 0.3) is 0 Å². The van der Waals surface area contributed by atoms with Crippen LogP contribution in [0.4, 0.5) is 5.69 Å². The molecule has 0 aromatic heterocycles. The van der Waals surface area contributed by atoms with Crippen LogP contribution < -0.4 is 4.90 Å². The molecule has 1 atom stereocenters. The van der Waals surface area contributed by atoms with E-state index in [2.05, 4.69) is 41.0 Å². The highest BCUT2D eigenvalue weighted by molar-refractivity contribution is 5.80. The minimum Gasteiger partial charge on any atom is -0.462 e. The van der Waals surface area contributed by atoms with Gasteiger partial charge in [-0.2, -0.15) is 0 Å². The summed E-state index contributed by atoms with van der Waals surface area (Å²) in [7, 11) is 0. The fraction of sp³-hybridized carbons (Fsp3) is 0.652. The predicted octanol–water partition coefficient (Wildman–Crippen LogP) is 2.45. The number of hydrogen-bond donors (Lipinski definition) is 0. The summed E-state index contributed by atoms with van der Waals surface area (Å²) in [4.78, 5) is 30.9. The molecule has 6 nitrogen and oxygen atoms in total. The van der Waals surface area contributed by atoms with Crippen LogP contribution in [0.5, 0.6) is 0 Å². The number of nitrogens with zero attached hydrogens (tertiary/aromatic N) is 3. The zero-order chi connectivity index (χ0) is 20.4. The standard InChI is InChI=1S/C23H33N3O3/c1-18-3-5-20(6-4-18)26-15-13-24(14-16-26)10-7-21-17-23(22(28)29-21)8-11-25(12-9-23)19(2)27/h3-6,21H,7-17H2,1-2H3. The molecule has 29 heavy (non-hydrogen) atoms. The van der Waals surface area contributed by atoms with E-state index in [1.54, 1.807) is 6.92 Å². The highest BCUT2D eigenvalue weighted by Crippen LogP contribution is 2.43. The number of aryl methyl sites for hydroxylation is 1. The molecular formula is C23H33N3O3. The van der Waals surface area contributed by atoms with Crippen LogP contribution in [-0.4, -0.2) is 73.6 Å². The van der Waals surface area contributed by atoms with Crippen molar-refractivity contribution in [3.8, 4) is 0 Å². The number of piperidine rings is 1. The first-order valence-electron chi connectivity index (χ1n) is 11.0. The van der Waals surface area contributed by atoms with E-state index in [4.69, 9.17) is 4.74 Å². The Bertz CT molecular complexity index is 732. The van der Waals surface area contributed by atoms with E-state index in [1.807, 2.05) is 4.90 Å². The van der Waals surface area contributed by atoms with Crippen LogP contribution in [0, 0.1) is 12.3 Å². The van der Waals surface area contributed by atoms with Crippen molar-refractivity contribution in [1.29, 1.82) is 0 Å². The van der Waals surface area contributed by atoms with Crippen LogP contribution in [0.3, 0.4) is 0 Å². The number of ether oxygens (including phenoxy) is 1. The van der Waals surface area contributed by atoms with Crippen LogP contribution in [0.1, 0.15) is 38.2 Å². The Morgan fingerprint density at radius 3 is 2.34 bits per heavy atom. The summed E-state index contributed by atoms with van der Waals surface area (Å²) >= 11 is 0. The number of piperazine rings is 1. The minimum atomic E-state index is -0.346. The van der Waals surface area contributed by atoms with Crippen molar-refractivity contribution in [3.05, 3.63) is 29.8 Å². The predicted molar refractivity (Wildman–Crippen MR) is 113 cm³/mol. The molecule has 6 heteroatoms. The molecule has 0 saturated carbocycles. The van der Waals surface area contributed by atoms with Gasteiger partial charge in [-0.15, -0.1) is 0 Å². The first-order valence-corrected chi connectivity index (χ1v) is 11.0. The van der Waals surface area contributed by atoms with Gasteiger partial charge < -0.3 is 14.5 Å². The van der Waals surface area contributed by atoms with Crippen LogP contribution in [0.15, 0.2) is 24.3 Å². The third-order valence-corrected chi connectivity index (χ3v) is 7.03. The SMILES string of the molecule is CC(=O)N1CCC2(CC1)CC(CCN1CCN(c3ccc(C)cc3)CC1)OC2=O. The van der Waals surface area contributed by atoms with E-state index in [1.165, 1.54) is 11.3 Å². The molecule has 0 radical (unpaired) electrons. The highest BCUT2D eigenvalue weighted by atomic mass is 16.6. The van der Waals surface area contributed by atoms with Gasteiger partial charge in [0.1, 0.15) is 6.10 Å². The Morgan fingerprint density at radius 1 is 1.07 bits per heavy atom. The normalized spacial score (nSPS) is 24.8. The number of rotatable bonds is 4. The summed E-state index contributed by atoms with van der Waals surface area (Å²) in [6.45, 7) is 10.2. The summed E-state index contributed by atoms with van der Waals surface area (Å²) in [5, 5.41) is 0. The summed E-state index contributed by atoms with van der Waals surface area (Å²) in [6.07, 6.45) is 3.25. The summed E-state index contributed by atoms with van der Waals surface area (Å²) in [6, 6.07) is 8.76. The molecule has 1 unspecified atom stereocenters. The van der Waals surface area contributed by atoms with Crippen LogP contribution >= 0.6 is 0 Å². The lowest BCUT2D eigenvalue weighted by molar-refractivity contribution is -0.152. The van der Waals surface area contributed by atoms with Crippen molar-refractivity contribution in [1.82, 2.24) is 9.80 Å². The molecule has 0 aliphatic carbocycles. The maximum atomic E-state index is 12.6. The Kier molecular flexibility index (Phi) is 5.81. The highest BCUT2D eigenvalue weighted by Gasteiger charge is 2.50. The van der Waals surface area contributed by atoms with Gasteiger partial charge in [0.05, 0.1) is 5.41 Å². The number of cyclic esters (lactones) is 1. The van der Waals surface area contributed by atoms with Crippen molar-refractivity contribution in [2.45, 2.75) is 45.6 Å². The molecule has 4 rings (SSSR count). The molecule has 3 heterocycles. The summed E-state index contributed by atoms with van der Waals surface area (Å²) < 4.78 is 5.76. The van der Waals surface area contributed by atoms with E-state index < -0.39 is 0 Å². The lowest BCUT2D eigenvalue weighted by Gasteiger charge is -2.37. The fourth-order valence-electron chi connectivity index (χ4n) is 4.97. The number of hydrogen-bond acceptors (Lipinski definition) is 5. The van der Waals surface area contributed by atoms with Gasteiger partial charge in [0.2, 0.25) is 5.91 Å². The van der Waals surface area contributed by atoms with Crippen LogP contribution in [0.2, 0.25) is 0 Å². The second kappa shape index (κ2) is 8.34. The molecule has 1 amide bonds. The van der Waals surface area contributed by atoms with Gasteiger partial charge in [-0.3, -0.25) is 14.5 Å². The number of likely N-dealkylation sites (tertiary alicyclic amines) is 1. The van der Waals surface area contributed by atoms with Gasteiger partial charge in [-0.05, 0) is 38.3 Å². The Morgan fingerprint density at radius 2 is 1.72 bits per heavy atom. The number of carbonyl (C=O) groups excluding carboxylic acids is 2. The molecule has 3 aliphatic rings. The molecule has 1 aromatic rings. The molecule has 3 aliphatic heterocycles. The average Bonchev–Trinajstić information content (AvgIpc) is 3.03. The van der Waals surface area contributed by atoms with Crippen molar-refractivity contribution in [3.63, 3.8) is 0 Å².